The van der Waals surface area contributed by atoms with Crippen molar-refractivity contribution in [3.8, 4) is 0 Å². The minimum absolute atomic E-state index is 0.255. The first-order valence-corrected chi connectivity index (χ1v) is 6.69. The van der Waals surface area contributed by atoms with E-state index in [9.17, 15) is 9.18 Å². The molecule has 0 bridgehead atoms. The van der Waals surface area contributed by atoms with Gasteiger partial charge in [-0.05, 0) is 55.5 Å². The summed E-state index contributed by atoms with van der Waals surface area (Å²) >= 11 is 0. The molecular weight excluding hydrogens is 245 g/mol. The highest BCUT2D eigenvalue weighted by molar-refractivity contribution is 5.89. The zero-order chi connectivity index (χ0) is 13.7. The van der Waals surface area contributed by atoms with Crippen molar-refractivity contribution in [2.75, 3.05) is 18.4 Å². The SMILES string of the molecule is NCC1CCCC1CNC(=O)Nc1ccc(F)cc1. The van der Waals surface area contributed by atoms with Crippen LogP contribution in [-0.4, -0.2) is 19.1 Å². The molecule has 0 saturated heterocycles. The molecule has 0 heterocycles. The molecule has 1 saturated carbocycles. The fourth-order valence-electron chi connectivity index (χ4n) is 2.62. The summed E-state index contributed by atoms with van der Waals surface area (Å²) in [5.74, 6) is 0.679. The number of hydrogen-bond acceptors (Lipinski definition) is 2. The maximum atomic E-state index is 12.7. The van der Waals surface area contributed by atoms with Crippen LogP contribution in [0.25, 0.3) is 0 Å². The number of carbonyl (C=O) groups is 1. The maximum absolute atomic E-state index is 12.7. The van der Waals surface area contributed by atoms with E-state index in [1.54, 1.807) is 0 Å². The second kappa shape index (κ2) is 6.52. The molecule has 0 aliphatic heterocycles. The summed E-state index contributed by atoms with van der Waals surface area (Å²) in [5.41, 5.74) is 6.29. The Balaban J connectivity index is 1.77. The number of anilines is 1. The molecule has 19 heavy (non-hydrogen) atoms. The molecule has 2 rings (SSSR count). The number of benzene rings is 1. The molecule has 0 spiro atoms. The van der Waals surface area contributed by atoms with Gasteiger partial charge in [0.05, 0.1) is 0 Å². The van der Waals surface area contributed by atoms with Crippen molar-refractivity contribution in [2.45, 2.75) is 19.3 Å². The number of hydrogen-bond donors (Lipinski definition) is 3. The van der Waals surface area contributed by atoms with Crippen molar-refractivity contribution < 1.29 is 9.18 Å². The van der Waals surface area contributed by atoms with Crippen LogP contribution in [0.15, 0.2) is 24.3 Å². The summed E-state index contributed by atoms with van der Waals surface area (Å²) < 4.78 is 12.7. The standard InChI is InChI=1S/C14H20FN3O/c15-12-4-6-13(7-5-12)18-14(19)17-9-11-3-1-2-10(11)8-16/h4-7,10-11H,1-3,8-9,16H2,(H2,17,18,19). The maximum Gasteiger partial charge on any atom is 0.319 e. The van der Waals surface area contributed by atoms with Gasteiger partial charge in [-0.2, -0.15) is 0 Å². The summed E-state index contributed by atoms with van der Waals surface area (Å²) in [7, 11) is 0. The summed E-state index contributed by atoms with van der Waals surface area (Å²) in [6.45, 7) is 1.33. The summed E-state index contributed by atoms with van der Waals surface area (Å²) in [5, 5.41) is 5.53. The molecule has 5 heteroatoms. The third kappa shape index (κ3) is 3.92. The van der Waals surface area contributed by atoms with E-state index in [0.29, 0.717) is 30.6 Å². The van der Waals surface area contributed by atoms with Gasteiger partial charge in [0.15, 0.2) is 0 Å². The van der Waals surface area contributed by atoms with Gasteiger partial charge in [0.25, 0.3) is 0 Å². The zero-order valence-corrected chi connectivity index (χ0v) is 10.9. The van der Waals surface area contributed by atoms with E-state index < -0.39 is 0 Å². The monoisotopic (exact) mass is 265 g/mol. The third-order valence-corrected chi connectivity index (χ3v) is 3.75. The second-order valence-corrected chi connectivity index (χ2v) is 5.03. The Hall–Kier alpha value is -1.62. The van der Waals surface area contributed by atoms with Gasteiger partial charge >= 0.3 is 6.03 Å². The number of halogens is 1. The van der Waals surface area contributed by atoms with Crippen molar-refractivity contribution >= 4 is 11.7 Å². The average Bonchev–Trinajstić information content (AvgIpc) is 2.86. The highest BCUT2D eigenvalue weighted by Gasteiger charge is 2.26. The van der Waals surface area contributed by atoms with Crippen LogP contribution < -0.4 is 16.4 Å². The first-order valence-electron chi connectivity index (χ1n) is 6.69. The van der Waals surface area contributed by atoms with Gasteiger partial charge in [-0.15, -0.1) is 0 Å². The van der Waals surface area contributed by atoms with E-state index in [1.807, 2.05) is 0 Å². The van der Waals surface area contributed by atoms with Crippen molar-refractivity contribution in [2.24, 2.45) is 17.6 Å². The Morgan fingerprint density at radius 2 is 1.95 bits per heavy atom. The molecule has 4 nitrogen and oxygen atoms in total. The van der Waals surface area contributed by atoms with Crippen LogP contribution in [0.4, 0.5) is 14.9 Å². The van der Waals surface area contributed by atoms with Crippen LogP contribution in [-0.2, 0) is 0 Å². The van der Waals surface area contributed by atoms with Crippen molar-refractivity contribution in [3.63, 3.8) is 0 Å². The Labute approximate surface area is 112 Å². The number of nitrogens with one attached hydrogen (secondary N) is 2. The highest BCUT2D eigenvalue weighted by atomic mass is 19.1. The van der Waals surface area contributed by atoms with Gasteiger partial charge in [-0.3, -0.25) is 0 Å². The summed E-state index contributed by atoms with van der Waals surface area (Å²) in [6.07, 6.45) is 3.47. The lowest BCUT2D eigenvalue weighted by Crippen LogP contribution is -2.35. The molecule has 2 amide bonds. The van der Waals surface area contributed by atoms with E-state index in [0.717, 1.165) is 12.8 Å². The lowest BCUT2D eigenvalue weighted by molar-refractivity contribution is 0.248. The van der Waals surface area contributed by atoms with Crippen molar-refractivity contribution in [1.82, 2.24) is 5.32 Å². The van der Waals surface area contributed by atoms with Gasteiger partial charge < -0.3 is 16.4 Å². The second-order valence-electron chi connectivity index (χ2n) is 5.03. The van der Waals surface area contributed by atoms with Crippen LogP contribution in [0.3, 0.4) is 0 Å². The van der Waals surface area contributed by atoms with Gasteiger partial charge in [-0.1, -0.05) is 6.42 Å². The minimum atomic E-state index is -0.317. The molecule has 4 N–H and O–H groups in total. The Morgan fingerprint density at radius 3 is 2.63 bits per heavy atom. The van der Waals surface area contributed by atoms with Crippen LogP contribution in [0.2, 0.25) is 0 Å². The molecule has 1 aromatic rings. The molecule has 1 fully saturated rings. The lowest BCUT2D eigenvalue weighted by atomic mass is 9.96. The first-order chi connectivity index (χ1) is 9.19. The molecule has 2 unspecified atom stereocenters. The van der Waals surface area contributed by atoms with Gasteiger partial charge in [-0.25, -0.2) is 9.18 Å². The fraction of sp³-hybridized carbons (Fsp3) is 0.500. The summed E-state index contributed by atoms with van der Waals surface area (Å²) in [4.78, 5) is 11.7. The fourth-order valence-corrected chi connectivity index (χ4v) is 2.62. The van der Waals surface area contributed by atoms with Crippen LogP contribution in [0.5, 0.6) is 0 Å². The number of amides is 2. The Bertz CT molecular complexity index is 421. The molecule has 104 valence electrons. The van der Waals surface area contributed by atoms with Crippen molar-refractivity contribution in [3.05, 3.63) is 30.1 Å². The van der Waals surface area contributed by atoms with Gasteiger partial charge in [0.2, 0.25) is 0 Å². The smallest absolute Gasteiger partial charge is 0.319 e. The highest BCUT2D eigenvalue weighted by Crippen LogP contribution is 2.30. The largest absolute Gasteiger partial charge is 0.338 e. The molecule has 2 atom stereocenters. The van der Waals surface area contributed by atoms with E-state index in [-0.39, 0.29) is 11.8 Å². The normalized spacial score (nSPS) is 22.2. The topological polar surface area (TPSA) is 67.1 Å². The molecular formula is C14H20FN3O. The first kappa shape index (κ1) is 13.8. The predicted molar refractivity (Wildman–Crippen MR) is 73.3 cm³/mol. The van der Waals surface area contributed by atoms with Crippen LogP contribution in [0, 0.1) is 17.7 Å². The number of urea groups is 1. The lowest BCUT2D eigenvalue weighted by Gasteiger charge is -2.18. The number of rotatable bonds is 4. The van der Waals surface area contributed by atoms with Gasteiger partial charge in [0.1, 0.15) is 5.82 Å². The van der Waals surface area contributed by atoms with Crippen LogP contribution >= 0.6 is 0 Å². The van der Waals surface area contributed by atoms with Crippen molar-refractivity contribution in [1.29, 1.82) is 0 Å². The van der Waals surface area contributed by atoms with E-state index in [1.165, 1.54) is 30.7 Å². The molecule has 1 aromatic carbocycles. The Kier molecular flexibility index (Phi) is 4.74. The predicted octanol–water partition coefficient (Wildman–Crippen LogP) is 2.32. The number of carbonyl (C=O) groups excluding carboxylic acids is 1. The zero-order valence-electron chi connectivity index (χ0n) is 10.9. The molecule has 1 aliphatic carbocycles. The van der Waals surface area contributed by atoms with E-state index >= 15 is 0 Å². The minimum Gasteiger partial charge on any atom is -0.338 e. The van der Waals surface area contributed by atoms with Crippen LogP contribution in [0.1, 0.15) is 19.3 Å². The average molecular weight is 265 g/mol. The van der Waals surface area contributed by atoms with E-state index in [4.69, 9.17) is 5.73 Å². The number of nitrogens with two attached hydrogens (primary N) is 1. The molecule has 1 aliphatic rings. The van der Waals surface area contributed by atoms with Gasteiger partial charge in [0, 0.05) is 12.2 Å². The molecule has 0 aromatic heterocycles. The Morgan fingerprint density at radius 1 is 1.26 bits per heavy atom. The van der Waals surface area contributed by atoms with E-state index in [2.05, 4.69) is 10.6 Å². The summed E-state index contributed by atoms with van der Waals surface area (Å²) in [6, 6.07) is 5.45. The molecule has 0 radical (unpaired) electrons. The third-order valence-electron chi connectivity index (χ3n) is 3.75. The quantitative estimate of drug-likeness (QED) is 0.782.